The number of likely N-dealkylation sites (tertiary alicyclic amines) is 1. The molecule has 130 valence electrons. The van der Waals surface area contributed by atoms with E-state index < -0.39 is 0 Å². The largest absolute Gasteiger partial charge is 0.342 e. The lowest BCUT2D eigenvalue weighted by atomic mass is 10.1. The lowest BCUT2D eigenvalue weighted by Crippen LogP contribution is -2.36. The Bertz CT molecular complexity index is 884. The number of aromatic nitrogens is 3. The zero-order valence-electron chi connectivity index (χ0n) is 13.5. The van der Waals surface area contributed by atoms with E-state index in [4.69, 9.17) is 11.6 Å². The molecule has 25 heavy (non-hydrogen) atoms. The average molecular weight is 393 g/mol. The number of nitrogens with zero attached hydrogens (tertiary/aromatic N) is 4. The Balaban J connectivity index is 1.55. The number of thioether (sulfide) groups is 1. The van der Waals surface area contributed by atoms with Crippen LogP contribution in [0, 0.1) is 0 Å². The zero-order chi connectivity index (χ0) is 17.2. The minimum Gasteiger partial charge on any atom is -0.342 e. The summed E-state index contributed by atoms with van der Waals surface area (Å²) in [6, 6.07) is 7.71. The molecule has 4 rings (SSSR count). The highest BCUT2D eigenvalue weighted by Gasteiger charge is 2.19. The number of carbonyl (C=O) groups is 1. The number of amides is 1. The Morgan fingerprint density at radius 3 is 2.68 bits per heavy atom. The summed E-state index contributed by atoms with van der Waals surface area (Å²) in [6.07, 6.45) is 3.44. The standard InChI is InChI=1S/C17H17ClN4OS2/c18-13-6-4-12(5-7-13)14-10-24-16-19-20-17(22(14)16)25-11-15(23)21-8-2-1-3-9-21/h4-7,10H,1-3,8-9,11H2. The Morgan fingerprint density at radius 2 is 1.92 bits per heavy atom. The van der Waals surface area contributed by atoms with Crippen molar-refractivity contribution in [2.75, 3.05) is 18.8 Å². The normalized spacial score (nSPS) is 15.0. The van der Waals surface area contributed by atoms with Crippen molar-refractivity contribution >= 4 is 45.6 Å². The first-order valence-electron chi connectivity index (χ1n) is 8.21. The number of benzene rings is 1. The number of thiazole rings is 1. The minimum atomic E-state index is 0.185. The third-order valence-electron chi connectivity index (χ3n) is 4.29. The number of hydrogen-bond acceptors (Lipinski definition) is 5. The molecule has 1 aromatic carbocycles. The van der Waals surface area contributed by atoms with E-state index in [1.165, 1.54) is 18.2 Å². The van der Waals surface area contributed by atoms with Crippen LogP contribution in [0.15, 0.2) is 34.8 Å². The molecule has 1 amide bonds. The van der Waals surface area contributed by atoms with Gasteiger partial charge in [0.2, 0.25) is 10.9 Å². The molecular weight excluding hydrogens is 376 g/mol. The van der Waals surface area contributed by atoms with E-state index >= 15 is 0 Å². The number of rotatable bonds is 4. The van der Waals surface area contributed by atoms with Crippen molar-refractivity contribution in [3.05, 3.63) is 34.7 Å². The van der Waals surface area contributed by atoms with Gasteiger partial charge in [0.15, 0.2) is 5.16 Å². The van der Waals surface area contributed by atoms with E-state index in [2.05, 4.69) is 15.6 Å². The van der Waals surface area contributed by atoms with Crippen LogP contribution in [0.5, 0.6) is 0 Å². The minimum absolute atomic E-state index is 0.185. The van der Waals surface area contributed by atoms with Gasteiger partial charge in [-0.2, -0.15) is 0 Å². The topological polar surface area (TPSA) is 50.5 Å². The SMILES string of the molecule is O=C(CSc1nnc2scc(-c3ccc(Cl)cc3)n12)N1CCCCC1. The van der Waals surface area contributed by atoms with Crippen molar-refractivity contribution in [3.63, 3.8) is 0 Å². The summed E-state index contributed by atoms with van der Waals surface area (Å²) < 4.78 is 2.02. The van der Waals surface area contributed by atoms with Gasteiger partial charge in [0.1, 0.15) is 0 Å². The quantitative estimate of drug-likeness (QED) is 0.624. The number of halogens is 1. The molecular formula is C17H17ClN4OS2. The van der Waals surface area contributed by atoms with Crippen LogP contribution in [0.3, 0.4) is 0 Å². The molecule has 1 saturated heterocycles. The smallest absolute Gasteiger partial charge is 0.233 e. The van der Waals surface area contributed by atoms with Gasteiger partial charge in [-0.15, -0.1) is 21.5 Å². The van der Waals surface area contributed by atoms with Gasteiger partial charge >= 0.3 is 0 Å². The van der Waals surface area contributed by atoms with Crippen molar-refractivity contribution in [2.45, 2.75) is 24.4 Å². The molecule has 1 aliphatic heterocycles. The molecule has 3 heterocycles. The van der Waals surface area contributed by atoms with E-state index in [9.17, 15) is 4.79 Å². The third-order valence-corrected chi connectivity index (χ3v) is 6.28. The molecule has 5 nitrogen and oxygen atoms in total. The molecule has 8 heteroatoms. The van der Waals surface area contributed by atoms with Gasteiger partial charge in [-0.05, 0) is 37.0 Å². The summed E-state index contributed by atoms with van der Waals surface area (Å²) >= 11 is 8.98. The predicted molar refractivity (Wildman–Crippen MR) is 102 cm³/mol. The van der Waals surface area contributed by atoms with Crippen LogP contribution in [0.25, 0.3) is 16.2 Å². The van der Waals surface area contributed by atoms with Crippen LogP contribution in [-0.2, 0) is 4.79 Å². The first-order valence-corrected chi connectivity index (χ1v) is 10.5. The van der Waals surface area contributed by atoms with E-state index in [1.54, 1.807) is 11.3 Å². The van der Waals surface area contributed by atoms with Crippen molar-refractivity contribution in [1.82, 2.24) is 19.5 Å². The Morgan fingerprint density at radius 1 is 1.16 bits per heavy atom. The van der Waals surface area contributed by atoms with Crippen molar-refractivity contribution in [2.24, 2.45) is 0 Å². The van der Waals surface area contributed by atoms with Crippen LogP contribution >= 0.6 is 34.7 Å². The first kappa shape index (κ1) is 16.9. The van der Waals surface area contributed by atoms with Crippen molar-refractivity contribution in [1.29, 1.82) is 0 Å². The fraction of sp³-hybridized carbons (Fsp3) is 0.353. The van der Waals surface area contributed by atoms with Crippen molar-refractivity contribution < 1.29 is 4.79 Å². The maximum absolute atomic E-state index is 12.4. The predicted octanol–water partition coefficient (Wildman–Crippen LogP) is 4.22. The third kappa shape index (κ3) is 3.54. The summed E-state index contributed by atoms with van der Waals surface area (Å²) in [5, 5.41) is 12.0. The molecule has 0 spiro atoms. The molecule has 0 aliphatic carbocycles. The van der Waals surface area contributed by atoms with E-state index in [0.29, 0.717) is 10.8 Å². The second kappa shape index (κ2) is 7.35. The van der Waals surface area contributed by atoms with Gasteiger partial charge in [-0.25, -0.2) is 0 Å². The van der Waals surface area contributed by atoms with Gasteiger partial charge < -0.3 is 4.90 Å². The molecule has 1 fully saturated rings. The lowest BCUT2D eigenvalue weighted by Gasteiger charge is -2.26. The molecule has 0 radical (unpaired) electrons. The number of carbonyl (C=O) groups excluding carboxylic acids is 1. The van der Waals surface area contributed by atoms with Gasteiger partial charge in [-0.3, -0.25) is 9.20 Å². The van der Waals surface area contributed by atoms with E-state index in [1.807, 2.05) is 33.6 Å². The van der Waals surface area contributed by atoms with Gasteiger partial charge in [0.25, 0.3) is 0 Å². The Kier molecular flexibility index (Phi) is 4.96. The number of hydrogen-bond donors (Lipinski definition) is 0. The Hall–Kier alpha value is -1.57. The monoisotopic (exact) mass is 392 g/mol. The zero-order valence-corrected chi connectivity index (χ0v) is 15.9. The lowest BCUT2D eigenvalue weighted by molar-refractivity contribution is -0.129. The molecule has 2 aromatic heterocycles. The van der Waals surface area contributed by atoms with E-state index in [0.717, 1.165) is 47.3 Å². The summed E-state index contributed by atoms with van der Waals surface area (Å²) in [7, 11) is 0. The summed E-state index contributed by atoms with van der Waals surface area (Å²) in [5.74, 6) is 0.584. The molecule has 0 saturated carbocycles. The second-order valence-electron chi connectivity index (χ2n) is 5.96. The maximum atomic E-state index is 12.4. The first-order chi connectivity index (χ1) is 12.2. The number of fused-ring (bicyclic) bond motifs is 1. The van der Waals surface area contributed by atoms with Crippen LogP contribution in [0.1, 0.15) is 19.3 Å². The van der Waals surface area contributed by atoms with Gasteiger partial charge in [0, 0.05) is 23.5 Å². The average Bonchev–Trinajstić information content (AvgIpc) is 3.24. The summed E-state index contributed by atoms with van der Waals surface area (Å²) in [6.45, 7) is 1.76. The molecule has 0 N–H and O–H groups in total. The maximum Gasteiger partial charge on any atom is 0.233 e. The van der Waals surface area contributed by atoms with Crippen LogP contribution < -0.4 is 0 Å². The molecule has 0 atom stereocenters. The highest BCUT2D eigenvalue weighted by molar-refractivity contribution is 7.99. The fourth-order valence-corrected chi connectivity index (χ4v) is 4.84. The Labute approximate surface area is 159 Å². The molecule has 3 aromatic rings. The molecule has 0 bridgehead atoms. The van der Waals surface area contributed by atoms with Gasteiger partial charge in [-0.1, -0.05) is 35.5 Å². The summed E-state index contributed by atoms with van der Waals surface area (Å²) in [4.78, 5) is 15.2. The van der Waals surface area contributed by atoms with Crippen LogP contribution in [0.4, 0.5) is 0 Å². The molecule has 0 unspecified atom stereocenters. The summed E-state index contributed by atoms with van der Waals surface area (Å²) in [5.41, 5.74) is 2.08. The highest BCUT2D eigenvalue weighted by atomic mass is 35.5. The van der Waals surface area contributed by atoms with Gasteiger partial charge in [0.05, 0.1) is 11.4 Å². The molecule has 1 aliphatic rings. The second-order valence-corrected chi connectivity index (χ2v) is 8.17. The fourth-order valence-electron chi connectivity index (χ4n) is 2.97. The van der Waals surface area contributed by atoms with E-state index in [-0.39, 0.29) is 5.91 Å². The number of piperidine rings is 1. The van der Waals surface area contributed by atoms with Crippen molar-refractivity contribution in [3.8, 4) is 11.3 Å². The highest BCUT2D eigenvalue weighted by Crippen LogP contribution is 2.30. The van der Waals surface area contributed by atoms with Crippen LogP contribution in [-0.4, -0.2) is 44.2 Å². The van der Waals surface area contributed by atoms with Crippen LogP contribution in [0.2, 0.25) is 5.02 Å².